The van der Waals surface area contributed by atoms with E-state index in [1.807, 2.05) is 43.3 Å². The SMILES string of the molecule is CC(O)C(C)SCc1cc(-c2ccccc2)no1. The van der Waals surface area contributed by atoms with Crippen LogP contribution in [0.3, 0.4) is 0 Å². The maximum atomic E-state index is 9.42. The summed E-state index contributed by atoms with van der Waals surface area (Å²) < 4.78 is 5.30. The summed E-state index contributed by atoms with van der Waals surface area (Å²) in [7, 11) is 0. The van der Waals surface area contributed by atoms with Gasteiger partial charge in [-0.1, -0.05) is 42.4 Å². The molecular formula is C14H17NO2S. The Bertz CT molecular complexity index is 482. The van der Waals surface area contributed by atoms with Crippen molar-refractivity contribution in [2.45, 2.75) is 31.0 Å². The molecule has 0 aliphatic rings. The molecule has 1 aromatic heterocycles. The molecule has 0 saturated heterocycles. The predicted molar refractivity (Wildman–Crippen MR) is 74.4 cm³/mol. The maximum absolute atomic E-state index is 9.42. The van der Waals surface area contributed by atoms with Gasteiger partial charge in [-0.3, -0.25) is 0 Å². The Hall–Kier alpha value is -1.26. The molecule has 0 aliphatic heterocycles. The van der Waals surface area contributed by atoms with Crippen molar-refractivity contribution in [2.24, 2.45) is 0 Å². The van der Waals surface area contributed by atoms with Crippen LogP contribution in [-0.2, 0) is 5.75 Å². The van der Waals surface area contributed by atoms with E-state index in [1.165, 1.54) is 0 Å². The zero-order chi connectivity index (χ0) is 13.0. The molecular weight excluding hydrogens is 246 g/mol. The third kappa shape index (κ3) is 3.37. The van der Waals surface area contributed by atoms with Gasteiger partial charge in [0.15, 0.2) is 0 Å². The first-order valence-corrected chi connectivity index (χ1v) is 7.02. The number of hydrogen-bond donors (Lipinski definition) is 1. The fourth-order valence-electron chi connectivity index (χ4n) is 1.48. The van der Waals surface area contributed by atoms with Gasteiger partial charge in [0.2, 0.25) is 0 Å². The summed E-state index contributed by atoms with van der Waals surface area (Å²) in [6.45, 7) is 3.80. The predicted octanol–water partition coefficient (Wildman–Crippen LogP) is 3.34. The quantitative estimate of drug-likeness (QED) is 0.898. The Morgan fingerprint density at radius 3 is 2.67 bits per heavy atom. The number of thioether (sulfide) groups is 1. The van der Waals surface area contributed by atoms with Crippen LogP contribution in [0.4, 0.5) is 0 Å². The molecule has 0 aliphatic carbocycles. The smallest absolute Gasteiger partial charge is 0.147 e. The van der Waals surface area contributed by atoms with E-state index in [0.717, 1.165) is 22.8 Å². The summed E-state index contributed by atoms with van der Waals surface area (Å²) in [5.41, 5.74) is 1.91. The number of aromatic nitrogens is 1. The van der Waals surface area contributed by atoms with E-state index < -0.39 is 0 Å². The van der Waals surface area contributed by atoms with E-state index in [1.54, 1.807) is 18.7 Å². The second-order valence-electron chi connectivity index (χ2n) is 4.30. The van der Waals surface area contributed by atoms with Gasteiger partial charge in [0.25, 0.3) is 0 Å². The Labute approximate surface area is 111 Å². The molecule has 0 saturated carbocycles. The molecule has 18 heavy (non-hydrogen) atoms. The van der Waals surface area contributed by atoms with Crippen molar-refractivity contribution in [3.05, 3.63) is 42.2 Å². The lowest BCUT2D eigenvalue weighted by molar-refractivity contribution is 0.196. The van der Waals surface area contributed by atoms with Gasteiger partial charge in [0, 0.05) is 16.9 Å². The largest absolute Gasteiger partial charge is 0.392 e. The first-order valence-electron chi connectivity index (χ1n) is 5.97. The molecule has 2 rings (SSSR count). The van der Waals surface area contributed by atoms with Gasteiger partial charge < -0.3 is 9.63 Å². The van der Waals surface area contributed by atoms with Crippen molar-refractivity contribution in [2.75, 3.05) is 0 Å². The van der Waals surface area contributed by atoms with E-state index in [4.69, 9.17) is 4.52 Å². The van der Waals surface area contributed by atoms with E-state index >= 15 is 0 Å². The molecule has 0 radical (unpaired) electrons. The van der Waals surface area contributed by atoms with Crippen molar-refractivity contribution in [1.29, 1.82) is 0 Å². The van der Waals surface area contributed by atoms with Crippen molar-refractivity contribution >= 4 is 11.8 Å². The molecule has 1 aromatic carbocycles. The van der Waals surface area contributed by atoms with Gasteiger partial charge in [0.05, 0.1) is 11.9 Å². The van der Waals surface area contributed by atoms with Crippen molar-refractivity contribution < 1.29 is 9.63 Å². The standard InChI is InChI=1S/C14H17NO2S/c1-10(16)11(2)18-9-13-8-14(15-17-13)12-6-4-3-5-7-12/h3-8,10-11,16H,9H2,1-2H3. The Kier molecular flexibility index (Phi) is 4.44. The maximum Gasteiger partial charge on any atom is 0.147 e. The van der Waals surface area contributed by atoms with Crippen LogP contribution in [0.2, 0.25) is 0 Å². The average molecular weight is 263 g/mol. The van der Waals surface area contributed by atoms with Crippen LogP contribution in [0, 0.1) is 0 Å². The molecule has 2 aromatic rings. The highest BCUT2D eigenvalue weighted by atomic mass is 32.2. The highest BCUT2D eigenvalue weighted by Gasteiger charge is 2.12. The number of aliphatic hydroxyl groups excluding tert-OH is 1. The first-order chi connectivity index (χ1) is 8.66. The molecule has 0 bridgehead atoms. The van der Waals surface area contributed by atoms with Crippen LogP contribution in [0.25, 0.3) is 11.3 Å². The Morgan fingerprint density at radius 2 is 2.00 bits per heavy atom. The van der Waals surface area contributed by atoms with E-state index in [9.17, 15) is 5.11 Å². The summed E-state index contributed by atoms with van der Waals surface area (Å²) >= 11 is 1.66. The van der Waals surface area contributed by atoms with E-state index in [-0.39, 0.29) is 11.4 Å². The molecule has 0 fully saturated rings. The molecule has 2 unspecified atom stereocenters. The highest BCUT2D eigenvalue weighted by molar-refractivity contribution is 7.99. The van der Waals surface area contributed by atoms with Gasteiger partial charge in [-0.05, 0) is 6.92 Å². The number of aliphatic hydroxyl groups is 1. The van der Waals surface area contributed by atoms with Gasteiger partial charge in [-0.15, -0.1) is 11.8 Å². The van der Waals surface area contributed by atoms with Crippen molar-refractivity contribution in [1.82, 2.24) is 5.16 Å². The third-order valence-corrected chi connectivity index (χ3v) is 4.17. The summed E-state index contributed by atoms with van der Waals surface area (Å²) in [6.07, 6.45) is -0.313. The minimum Gasteiger partial charge on any atom is -0.392 e. The molecule has 0 spiro atoms. The number of benzene rings is 1. The lowest BCUT2D eigenvalue weighted by Crippen LogP contribution is -2.15. The second-order valence-corrected chi connectivity index (χ2v) is 5.67. The molecule has 2 atom stereocenters. The number of nitrogens with zero attached hydrogens (tertiary/aromatic N) is 1. The third-order valence-electron chi connectivity index (χ3n) is 2.80. The fraction of sp³-hybridized carbons (Fsp3) is 0.357. The lowest BCUT2D eigenvalue weighted by atomic mass is 10.1. The molecule has 1 heterocycles. The molecule has 96 valence electrons. The zero-order valence-corrected chi connectivity index (χ0v) is 11.4. The second kappa shape index (κ2) is 6.07. The molecule has 4 heteroatoms. The summed E-state index contributed by atoms with van der Waals surface area (Å²) in [4.78, 5) is 0. The van der Waals surface area contributed by atoms with Crippen LogP contribution in [-0.4, -0.2) is 21.6 Å². The lowest BCUT2D eigenvalue weighted by Gasteiger charge is -2.12. The van der Waals surface area contributed by atoms with Crippen molar-refractivity contribution in [3.63, 3.8) is 0 Å². The summed E-state index contributed by atoms with van der Waals surface area (Å²) in [5.74, 6) is 1.57. The fourth-order valence-corrected chi connectivity index (χ4v) is 2.32. The molecule has 1 N–H and O–H groups in total. The molecule has 0 amide bonds. The van der Waals surface area contributed by atoms with Gasteiger partial charge in [0.1, 0.15) is 11.5 Å². The molecule has 3 nitrogen and oxygen atoms in total. The van der Waals surface area contributed by atoms with Crippen LogP contribution < -0.4 is 0 Å². The summed E-state index contributed by atoms with van der Waals surface area (Å²) in [6, 6.07) is 11.9. The topological polar surface area (TPSA) is 46.3 Å². The van der Waals surface area contributed by atoms with Crippen LogP contribution in [0.15, 0.2) is 40.9 Å². The monoisotopic (exact) mass is 263 g/mol. The normalized spacial score (nSPS) is 14.4. The Morgan fingerprint density at radius 1 is 1.28 bits per heavy atom. The minimum absolute atomic E-state index is 0.190. The van der Waals surface area contributed by atoms with Crippen molar-refractivity contribution in [3.8, 4) is 11.3 Å². The highest BCUT2D eigenvalue weighted by Crippen LogP contribution is 2.24. The van der Waals surface area contributed by atoms with Gasteiger partial charge in [-0.25, -0.2) is 0 Å². The van der Waals surface area contributed by atoms with E-state index in [0.29, 0.717) is 0 Å². The van der Waals surface area contributed by atoms with Gasteiger partial charge >= 0.3 is 0 Å². The Balaban J connectivity index is 1.99. The van der Waals surface area contributed by atoms with E-state index in [2.05, 4.69) is 5.16 Å². The van der Waals surface area contributed by atoms with Crippen LogP contribution in [0.5, 0.6) is 0 Å². The number of rotatable bonds is 5. The minimum atomic E-state index is -0.313. The summed E-state index contributed by atoms with van der Waals surface area (Å²) in [5, 5.41) is 13.7. The zero-order valence-electron chi connectivity index (χ0n) is 10.5. The average Bonchev–Trinajstić information content (AvgIpc) is 2.85. The van der Waals surface area contributed by atoms with Crippen LogP contribution in [0.1, 0.15) is 19.6 Å². The van der Waals surface area contributed by atoms with Gasteiger partial charge in [-0.2, -0.15) is 0 Å². The van der Waals surface area contributed by atoms with Crippen LogP contribution >= 0.6 is 11.8 Å². The number of hydrogen-bond acceptors (Lipinski definition) is 4. The first kappa shape index (κ1) is 13.2.